The Kier molecular flexibility index (Phi) is 4.92. The van der Waals surface area contributed by atoms with Crippen LogP contribution in [0.25, 0.3) is 0 Å². The number of anilines is 3. The molecule has 0 radical (unpaired) electrons. The number of halogens is 1. The summed E-state index contributed by atoms with van der Waals surface area (Å²) < 4.78 is 0.984. The summed E-state index contributed by atoms with van der Waals surface area (Å²) in [5.74, 6) is 7.73. The zero-order valence-corrected chi connectivity index (χ0v) is 13.2. The molecule has 2 rings (SSSR count). The van der Waals surface area contributed by atoms with Crippen LogP contribution < -0.4 is 16.6 Å². The number of hydrogen-bond donors (Lipinski definition) is 3. The third-order valence-corrected chi connectivity index (χ3v) is 3.62. The zero-order valence-electron chi connectivity index (χ0n) is 11.6. The smallest absolute Gasteiger partial charge is 0.148 e. The zero-order chi connectivity index (χ0) is 14.5. The minimum absolute atomic E-state index is 0.651. The van der Waals surface area contributed by atoms with E-state index in [9.17, 15) is 0 Å². The van der Waals surface area contributed by atoms with E-state index in [4.69, 9.17) is 5.84 Å². The van der Waals surface area contributed by atoms with Crippen LogP contribution in [0.2, 0.25) is 0 Å². The summed E-state index contributed by atoms with van der Waals surface area (Å²) in [6, 6.07) is 7.91. The Hall–Kier alpha value is -1.66. The Morgan fingerprint density at radius 2 is 1.90 bits per heavy atom. The predicted molar refractivity (Wildman–Crippen MR) is 86.0 cm³/mol. The summed E-state index contributed by atoms with van der Waals surface area (Å²) >= 11 is 3.52. The maximum atomic E-state index is 5.53. The molecular formula is C14H18BrN5. The summed E-state index contributed by atoms with van der Waals surface area (Å²) in [5, 5.41) is 3.32. The molecule has 4 N–H and O–H groups in total. The molecule has 106 valence electrons. The standard InChI is InChI=1S/C14H18BrN5/c1-3-6-12-18-13(9(2)14(19-12)20-16)17-11-8-5-4-7-10(11)15/h4-5,7-8H,3,6,16H2,1-2H3,(H2,17,18,19,20). The average molecular weight is 336 g/mol. The number of nitrogens with one attached hydrogen (secondary N) is 2. The first kappa shape index (κ1) is 14.7. The first-order valence-corrected chi connectivity index (χ1v) is 7.30. The van der Waals surface area contributed by atoms with Crippen molar-refractivity contribution in [3.63, 3.8) is 0 Å². The molecule has 6 heteroatoms. The van der Waals surface area contributed by atoms with Gasteiger partial charge in [-0.05, 0) is 41.4 Å². The largest absolute Gasteiger partial charge is 0.339 e. The maximum Gasteiger partial charge on any atom is 0.148 e. The van der Waals surface area contributed by atoms with Crippen molar-refractivity contribution in [1.82, 2.24) is 9.97 Å². The topological polar surface area (TPSA) is 75.9 Å². The van der Waals surface area contributed by atoms with Crippen LogP contribution in [0.1, 0.15) is 24.7 Å². The molecule has 0 amide bonds. The minimum Gasteiger partial charge on any atom is -0.339 e. The van der Waals surface area contributed by atoms with Gasteiger partial charge in [-0.15, -0.1) is 0 Å². The number of para-hydroxylation sites is 1. The summed E-state index contributed by atoms with van der Waals surface area (Å²) in [4.78, 5) is 8.97. The van der Waals surface area contributed by atoms with Crippen molar-refractivity contribution in [2.75, 3.05) is 10.7 Å². The first-order valence-electron chi connectivity index (χ1n) is 6.51. The van der Waals surface area contributed by atoms with Gasteiger partial charge in [0.25, 0.3) is 0 Å². The van der Waals surface area contributed by atoms with E-state index in [1.165, 1.54) is 0 Å². The van der Waals surface area contributed by atoms with Crippen LogP contribution in [0, 0.1) is 6.92 Å². The van der Waals surface area contributed by atoms with E-state index in [0.29, 0.717) is 5.82 Å². The molecule has 1 heterocycles. The third kappa shape index (κ3) is 3.26. The molecule has 2 aromatic rings. The molecule has 0 aliphatic heterocycles. The van der Waals surface area contributed by atoms with Gasteiger partial charge in [0.2, 0.25) is 0 Å². The molecule has 0 saturated carbocycles. The van der Waals surface area contributed by atoms with Gasteiger partial charge in [-0.25, -0.2) is 15.8 Å². The van der Waals surface area contributed by atoms with Gasteiger partial charge in [0.15, 0.2) is 0 Å². The Morgan fingerprint density at radius 1 is 1.20 bits per heavy atom. The number of hydrogen-bond acceptors (Lipinski definition) is 5. The minimum atomic E-state index is 0.651. The van der Waals surface area contributed by atoms with E-state index >= 15 is 0 Å². The predicted octanol–water partition coefficient (Wildman–Crippen LogP) is 3.53. The Balaban J connectivity index is 2.39. The lowest BCUT2D eigenvalue weighted by atomic mass is 10.2. The average Bonchev–Trinajstić information content (AvgIpc) is 2.45. The van der Waals surface area contributed by atoms with E-state index in [1.807, 2.05) is 31.2 Å². The van der Waals surface area contributed by atoms with E-state index in [2.05, 4.69) is 43.6 Å². The van der Waals surface area contributed by atoms with Gasteiger partial charge < -0.3 is 10.7 Å². The monoisotopic (exact) mass is 335 g/mol. The lowest BCUT2D eigenvalue weighted by molar-refractivity contribution is 0.833. The summed E-state index contributed by atoms with van der Waals surface area (Å²) in [5.41, 5.74) is 4.48. The fourth-order valence-corrected chi connectivity index (χ4v) is 2.23. The normalized spacial score (nSPS) is 10.4. The van der Waals surface area contributed by atoms with Crippen molar-refractivity contribution in [3.05, 3.63) is 40.1 Å². The van der Waals surface area contributed by atoms with E-state index in [-0.39, 0.29) is 0 Å². The highest BCUT2D eigenvalue weighted by Crippen LogP contribution is 2.28. The van der Waals surface area contributed by atoms with Crippen molar-refractivity contribution in [2.45, 2.75) is 26.7 Å². The summed E-state index contributed by atoms with van der Waals surface area (Å²) in [7, 11) is 0. The van der Waals surface area contributed by atoms with Gasteiger partial charge in [0.1, 0.15) is 17.5 Å². The molecule has 5 nitrogen and oxygen atoms in total. The molecular weight excluding hydrogens is 318 g/mol. The van der Waals surface area contributed by atoms with Gasteiger partial charge in [-0.1, -0.05) is 19.1 Å². The number of rotatable bonds is 5. The van der Waals surface area contributed by atoms with Gasteiger partial charge in [0.05, 0.1) is 5.69 Å². The molecule has 1 aromatic carbocycles. The fraction of sp³-hybridized carbons (Fsp3) is 0.286. The van der Waals surface area contributed by atoms with E-state index < -0.39 is 0 Å². The molecule has 0 atom stereocenters. The summed E-state index contributed by atoms with van der Waals surface area (Å²) in [6.07, 6.45) is 1.81. The molecule has 0 aliphatic carbocycles. The van der Waals surface area contributed by atoms with Crippen molar-refractivity contribution in [1.29, 1.82) is 0 Å². The first-order chi connectivity index (χ1) is 9.65. The highest BCUT2D eigenvalue weighted by molar-refractivity contribution is 9.10. The number of hydrazine groups is 1. The van der Waals surface area contributed by atoms with Crippen LogP contribution in [0.4, 0.5) is 17.3 Å². The van der Waals surface area contributed by atoms with E-state index in [0.717, 1.165) is 40.2 Å². The SMILES string of the molecule is CCCc1nc(NN)c(C)c(Nc2ccccc2Br)n1. The van der Waals surface area contributed by atoms with Crippen molar-refractivity contribution < 1.29 is 0 Å². The molecule has 0 unspecified atom stereocenters. The molecule has 0 aliphatic rings. The molecule has 0 fully saturated rings. The molecule has 0 saturated heterocycles. The molecule has 1 aromatic heterocycles. The maximum absolute atomic E-state index is 5.53. The van der Waals surface area contributed by atoms with Crippen LogP contribution in [-0.4, -0.2) is 9.97 Å². The number of aromatic nitrogens is 2. The van der Waals surface area contributed by atoms with Crippen molar-refractivity contribution >= 4 is 33.3 Å². The highest BCUT2D eigenvalue weighted by Gasteiger charge is 2.11. The Morgan fingerprint density at radius 3 is 2.55 bits per heavy atom. The quantitative estimate of drug-likeness (QED) is 0.575. The van der Waals surface area contributed by atoms with E-state index in [1.54, 1.807) is 0 Å². The fourth-order valence-electron chi connectivity index (χ4n) is 1.85. The second-order valence-electron chi connectivity index (χ2n) is 4.46. The second kappa shape index (κ2) is 6.67. The Labute approximate surface area is 127 Å². The number of benzene rings is 1. The van der Waals surface area contributed by atoms with Crippen molar-refractivity contribution in [2.24, 2.45) is 5.84 Å². The molecule has 0 bridgehead atoms. The number of aryl methyl sites for hydroxylation is 1. The van der Waals surface area contributed by atoms with Gasteiger partial charge in [-0.2, -0.15) is 0 Å². The van der Waals surface area contributed by atoms with Crippen LogP contribution in [0.3, 0.4) is 0 Å². The third-order valence-electron chi connectivity index (χ3n) is 2.93. The van der Waals surface area contributed by atoms with Crippen molar-refractivity contribution in [3.8, 4) is 0 Å². The lowest BCUT2D eigenvalue weighted by Crippen LogP contribution is -2.14. The number of nitrogens with two attached hydrogens (primary N) is 1. The number of nitrogens with zero attached hydrogens (tertiary/aromatic N) is 2. The van der Waals surface area contributed by atoms with Gasteiger partial charge in [-0.3, -0.25) is 0 Å². The van der Waals surface area contributed by atoms with Crippen LogP contribution in [-0.2, 0) is 6.42 Å². The molecule has 0 spiro atoms. The number of nitrogen functional groups attached to an aromatic ring is 1. The van der Waals surface area contributed by atoms with Gasteiger partial charge in [0, 0.05) is 16.5 Å². The highest BCUT2D eigenvalue weighted by atomic mass is 79.9. The van der Waals surface area contributed by atoms with Crippen LogP contribution >= 0.6 is 15.9 Å². The van der Waals surface area contributed by atoms with Crippen LogP contribution in [0.5, 0.6) is 0 Å². The second-order valence-corrected chi connectivity index (χ2v) is 5.32. The Bertz CT molecular complexity index is 600. The molecule has 20 heavy (non-hydrogen) atoms. The lowest BCUT2D eigenvalue weighted by Gasteiger charge is -2.14. The summed E-state index contributed by atoms with van der Waals surface area (Å²) in [6.45, 7) is 4.03. The van der Waals surface area contributed by atoms with Gasteiger partial charge >= 0.3 is 0 Å². The van der Waals surface area contributed by atoms with Crippen LogP contribution in [0.15, 0.2) is 28.7 Å².